The molecule has 0 aliphatic heterocycles. The lowest BCUT2D eigenvalue weighted by Gasteiger charge is -2.15. The zero-order valence-corrected chi connectivity index (χ0v) is 18.2. The highest BCUT2D eigenvalue weighted by molar-refractivity contribution is 7.99. The van der Waals surface area contributed by atoms with Crippen molar-refractivity contribution < 1.29 is 14.3 Å². The van der Waals surface area contributed by atoms with E-state index in [-0.39, 0.29) is 17.8 Å². The molecular formula is C22H26N4O3S. The predicted octanol–water partition coefficient (Wildman–Crippen LogP) is 4.57. The quantitative estimate of drug-likeness (QED) is 0.479. The Balaban J connectivity index is 1.58. The highest BCUT2D eigenvalue weighted by Crippen LogP contribution is 2.24. The first kappa shape index (κ1) is 21.7. The van der Waals surface area contributed by atoms with Crippen molar-refractivity contribution in [3.8, 4) is 11.5 Å². The van der Waals surface area contributed by atoms with Crippen LogP contribution in [0.15, 0.2) is 59.8 Å². The molecule has 0 spiro atoms. The number of anilines is 1. The van der Waals surface area contributed by atoms with Crippen molar-refractivity contribution in [3.63, 3.8) is 0 Å². The average Bonchev–Trinajstić information content (AvgIpc) is 3.18. The predicted molar refractivity (Wildman–Crippen MR) is 118 cm³/mol. The van der Waals surface area contributed by atoms with Crippen molar-refractivity contribution in [1.82, 2.24) is 14.8 Å². The van der Waals surface area contributed by atoms with Gasteiger partial charge in [0, 0.05) is 12.2 Å². The smallest absolute Gasteiger partial charge is 0.234 e. The standard InChI is InChI=1S/C22H26N4O3S/c1-4-26-21(16(3)29-19-9-7-6-8-10-19)24-25-22(26)30-15-20(27)23-17-11-13-18(14-12-17)28-5-2/h6-14,16H,4-5,15H2,1-3H3,(H,23,27)/t16-/m1/s1. The van der Waals surface area contributed by atoms with Gasteiger partial charge in [0.15, 0.2) is 17.1 Å². The normalized spacial score (nSPS) is 11.7. The molecule has 0 unspecified atom stereocenters. The lowest BCUT2D eigenvalue weighted by Crippen LogP contribution is -2.15. The molecule has 3 aromatic rings. The van der Waals surface area contributed by atoms with E-state index in [4.69, 9.17) is 9.47 Å². The summed E-state index contributed by atoms with van der Waals surface area (Å²) in [7, 11) is 0. The molecule has 0 fully saturated rings. The number of aromatic nitrogens is 3. The number of ether oxygens (including phenoxy) is 2. The Morgan fingerprint density at radius 3 is 2.47 bits per heavy atom. The third kappa shape index (κ3) is 5.76. The number of rotatable bonds is 10. The summed E-state index contributed by atoms with van der Waals surface area (Å²) < 4.78 is 13.4. The lowest BCUT2D eigenvalue weighted by molar-refractivity contribution is -0.113. The van der Waals surface area contributed by atoms with E-state index in [1.165, 1.54) is 11.8 Å². The Morgan fingerprint density at radius 1 is 1.07 bits per heavy atom. The second-order valence-electron chi connectivity index (χ2n) is 6.45. The molecule has 0 aliphatic rings. The topological polar surface area (TPSA) is 78.3 Å². The van der Waals surface area contributed by atoms with E-state index >= 15 is 0 Å². The maximum Gasteiger partial charge on any atom is 0.234 e. The van der Waals surface area contributed by atoms with Crippen LogP contribution in [0.5, 0.6) is 11.5 Å². The molecule has 1 N–H and O–H groups in total. The number of hydrogen-bond donors (Lipinski definition) is 1. The van der Waals surface area contributed by atoms with Crippen LogP contribution in [0.1, 0.15) is 32.7 Å². The Bertz CT molecular complexity index is 945. The number of carbonyl (C=O) groups excluding carboxylic acids is 1. The van der Waals surface area contributed by atoms with Crippen molar-refractivity contribution in [2.24, 2.45) is 0 Å². The van der Waals surface area contributed by atoms with Crippen molar-refractivity contribution >= 4 is 23.4 Å². The van der Waals surface area contributed by atoms with Gasteiger partial charge in [-0.3, -0.25) is 4.79 Å². The van der Waals surface area contributed by atoms with Gasteiger partial charge in [0.1, 0.15) is 11.5 Å². The van der Waals surface area contributed by atoms with E-state index in [0.29, 0.717) is 18.3 Å². The van der Waals surface area contributed by atoms with Gasteiger partial charge in [-0.1, -0.05) is 30.0 Å². The van der Waals surface area contributed by atoms with E-state index in [0.717, 1.165) is 23.0 Å². The summed E-state index contributed by atoms with van der Waals surface area (Å²) in [4.78, 5) is 12.3. The van der Waals surface area contributed by atoms with Crippen molar-refractivity contribution in [2.75, 3.05) is 17.7 Å². The number of hydrogen-bond acceptors (Lipinski definition) is 6. The van der Waals surface area contributed by atoms with Crippen LogP contribution in [0, 0.1) is 0 Å². The molecule has 158 valence electrons. The lowest BCUT2D eigenvalue weighted by atomic mass is 10.3. The number of carbonyl (C=O) groups is 1. The summed E-state index contributed by atoms with van der Waals surface area (Å²) >= 11 is 1.35. The summed E-state index contributed by atoms with van der Waals surface area (Å²) in [5, 5.41) is 12.1. The van der Waals surface area contributed by atoms with E-state index in [1.807, 2.05) is 79.9 Å². The monoisotopic (exact) mass is 426 g/mol. The molecule has 7 nitrogen and oxygen atoms in total. The molecule has 1 heterocycles. The van der Waals surface area contributed by atoms with E-state index < -0.39 is 0 Å². The number of amides is 1. The number of benzene rings is 2. The van der Waals surface area contributed by atoms with Crippen LogP contribution >= 0.6 is 11.8 Å². The highest BCUT2D eigenvalue weighted by atomic mass is 32.2. The van der Waals surface area contributed by atoms with Crippen LogP contribution in [0.2, 0.25) is 0 Å². The maximum atomic E-state index is 12.3. The molecule has 0 aliphatic carbocycles. The molecule has 1 atom stereocenters. The van der Waals surface area contributed by atoms with E-state index in [2.05, 4.69) is 15.5 Å². The molecule has 0 radical (unpaired) electrons. The van der Waals surface area contributed by atoms with E-state index in [1.54, 1.807) is 0 Å². The molecule has 8 heteroatoms. The van der Waals surface area contributed by atoms with E-state index in [9.17, 15) is 4.79 Å². The second kappa shape index (κ2) is 10.7. The molecular weight excluding hydrogens is 400 g/mol. The minimum absolute atomic E-state index is 0.107. The highest BCUT2D eigenvalue weighted by Gasteiger charge is 2.19. The summed E-state index contributed by atoms with van der Waals surface area (Å²) in [5.41, 5.74) is 0.728. The van der Waals surface area contributed by atoms with Gasteiger partial charge in [-0.15, -0.1) is 10.2 Å². The fourth-order valence-electron chi connectivity index (χ4n) is 2.89. The molecule has 1 aromatic heterocycles. The van der Waals surface area contributed by atoms with Gasteiger partial charge < -0.3 is 19.4 Å². The Morgan fingerprint density at radius 2 is 1.80 bits per heavy atom. The number of para-hydroxylation sites is 1. The largest absolute Gasteiger partial charge is 0.494 e. The first-order valence-electron chi connectivity index (χ1n) is 9.91. The molecule has 0 saturated heterocycles. The van der Waals surface area contributed by atoms with Crippen LogP contribution in [0.25, 0.3) is 0 Å². The summed E-state index contributed by atoms with van der Waals surface area (Å²) in [5.74, 6) is 2.42. The average molecular weight is 427 g/mol. The Kier molecular flexibility index (Phi) is 7.73. The number of nitrogens with zero attached hydrogens (tertiary/aromatic N) is 3. The minimum Gasteiger partial charge on any atom is -0.494 e. The van der Waals surface area contributed by atoms with Gasteiger partial charge in [-0.25, -0.2) is 0 Å². The molecule has 2 aromatic carbocycles. The Hall–Kier alpha value is -3.00. The second-order valence-corrected chi connectivity index (χ2v) is 7.39. The van der Waals surface area contributed by atoms with Crippen LogP contribution in [-0.2, 0) is 11.3 Å². The fraction of sp³-hybridized carbons (Fsp3) is 0.318. The van der Waals surface area contributed by atoms with Crippen molar-refractivity contribution in [3.05, 3.63) is 60.4 Å². The third-order valence-corrected chi connectivity index (χ3v) is 5.23. The van der Waals surface area contributed by atoms with Gasteiger partial charge in [-0.2, -0.15) is 0 Å². The first-order valence-corrected chi connectivity index (χ1v) is 10.9. The summed E-state index contributed by atoms with van der Waals surface area (Å²) in [6, 6.07) is 16.9. The fourth-order valence-corrected chi connectivity index (χ4v) is 3.70. The van der Waals surface area contributed by atoms with Gasteiger partial charge in [-0.05, 0) is 57.2 Å². The Labute approximate surface area is 180 Å². The van der Waals surface area contributed by atoms with Crippen molar-refractivity contribution in [1.29, 1.82) is 0 Å². The van der Waals surface area contributed by atoms with Gasteiger partial charge in [0.05, 0.1) is 12.4 Å². The zero-order valence-electron chi connectivity index (χ0n) is 17.4. The zero-order chi connectivity index (χ0) is 21.3. The van der Waals surface area contributed by atoms with Gasteiger partial charge >= 0.3 is 0 Å². The third-order valence-electron chi connectivity index (χ3n) is 4.26. The van der Waals surface area contributed by atoms with Crippen LogP contribution in [0.4, 0.5) is 5.69 Å². The van der Waals surface area contributed by atoms with Crippen molar-refractivity contribution in [2.45, 2.75) is 38.6 Å². The molecule has 0 saturated carbocycles. The first-order chi connectivity index (χ1) is 14.6. The summed E-state index contributed by atoms with van der Waals surface area (Å²) in [6.07, 6.45) is -0.258. The maximum absolute atomic E-state index is 12.3. The summed E-state index contributed by atoms with van der Waals surface area (Å²) in [6.45, 7) is 7.19. The van der Waals surface area contributed by atoms with Gasteiger partial charge in [0.25, 0.3) is 0 Å². The van der Waals surface area contributed by atoms with Crippen LogP contribution < -0.4 is 14.8 Å². The number of nitrogens with one attached hydrogen (secondary N) is 1. The molecule has 3 rings (SSSR count). The molecule has 0 bridgehead atoms. The van der Waals surface area contributed by atoms with Gasteiger partial charge in [0.2, 0.25) is 5.91 Å². The van der Waals surface area contributed by atoms with Crippen LogP contribution in [-0.4, -0.2) is 33.0 Å². The molecule has 1 amide bonds. The molecule has 30 heavy (non-hydrogen) atoms. The minimum atomic E-state index is -0.258. The number of thioether (sulfide) groups is 1. The SMILES string of the molecule is CCOc1ccc(NC(=O)CSc2nnc([C@@H](C)Oc3ccccc3)n2CC)cc1. The van der Waals surface area contributed by atoms with Crippen LogP contribution in [0.3, 0.4) is 0 Å².